The Morgan fingerprint density at radius 1 is 1.38 bits per heavy atom. The van der Waals surface area contributed by atoms with Gasteiger partial charge in [-0.1, -0.05) is 18.2 Å². The van der Waals surface area contributed by atoms with Crippen molar-refractivity contribution in [2.75, 3.05) is 46.8 Å². The maximum absolute atomic E-state index is 11.9. The zero-order valence-corrected chi connectivity index (χ0v) is 18.6. The van der Waals surface area contributed by atoms with Gasteiger partial charge in [-0.2, -0.15) is 0 Å². The number of hydrogen-bond donors (Lipinski definition) is 1. The third-order valence-electron chi connectivity index (χ3n) is 4.69. The van der Waals surface area contributed by atoms with Crippen molar-refractivity contribution < 1.29 is 4.79 Å². The molecule has 0 spiro atoms. The van der Waals surface area contributed by atoms with Crippen molar-refractivity contribution in [1.82, 2.24) is 20.0 Å². The first-order valence-electron chi connectivity index (χ1n) is 8.78. The zero-order chi connectivity index (χ0) is 17.6. The number of amides is 1. The van der Waals surface area contributed by atoms with Gasteiger partial charge in [0.15, 0.2) is 5.96 Å². The number of nitrogens with zero attached hydrogens (tertiary/aromatic N) is 4. The second kappa shape index (κ2) is 10.3. The van der Waals surface area contributed by atoms with Gasteiger partial charge in [0.05, 0.1) is 6.54 Å². The number of likely N-dealkylation sites (tertiary alicyclic amines) is 1. The van der Waals surface area contributed by atoms with Crippen molar-refractivity contribution in [3.8, 4) is 0 Å². The summed E-state index contributed by atoms with van der Waals surface area (Å²) >= 11 is 1.73. The number of nitrogens with one attached hydrogen (secondary N) is 1. The smallest absolute Gasteiger partial charge is 0.243 e. The molecule has 1 fully saturated rings. The van der Waals surface area contributed by atoms with Gasteiger partial charge < -0.3 is 15.1 Å². The van der Waals surface area contributed by atoms with Crippen molar-refractivity contribution in [3.05, 3.63) is 34.5 Å². The number of hydrogen-bond acceptors (Lipinski definition) is 4. The Bertz CT molecular complexity index is 624. The van der Waals surface area contributed by atoms with E-state index < -0.39 is 0 Å². The maximum atomic E-state index is 11.9. The van der Waals surface area contributed by atoms with E-state index in [-0.39, 0.29) is 36.4 Å². The topological polar surface area (TPSA) is 51.2 Å². The Morgan fingerprint density at radius 3 is 2.81 bits per heavy atom. The van der Waals surface area contributed by atoms with Crippen LogP contribution in [-0.4, -0.2) is 79.4 Å². The van der Waals surface area contributed by atoms with E-state index in [0.717, 1.165) is 45.1 Å². The van der Waals surface area contributed by atoms with Gasteiger partial charge in [0.25, 0.3) is 0 Å². The number of guanidine groups is 1. The lowest BCUT2D eigenvalue weighted by Gasteiger charge is -2.25. The Morgan fingerprint density at radius 2 is 2.15 bits per heavy atom. The molecule has 0 bridgehead atoms. The molecule has 0 aliphatic carbocycles. The third-order valence-corrected chi connectivity index (χ3v) is 5.57. The number of rotatable bonds is 5. The normalized spacial score (nSPS) is 20.3. The van der Waals surface area contributed by atoms with Crippen LogP contribution in [0.3, 0.4) is 0 Å². The maximum Gasteiger partial charge on any atom is 0.243 e. The quantitative estimate of drug-likeness (QED) is 0.297. The molecule has 0 saturated carbocycles. The van der Waals surface area contributed by atoms with E-state index in [4.69, 9.17) is 0 Å². The van der Waals surface area contributed by atoms with Crippen molar-refractivity contribution in [3.63, 3.8) is 0 Å². The molecule has 144 valence electrons. The summed E-state index contributed by atoms with van der Waals surface area (Å²) in [6.45, 7) is 4.98. The summed E-state index contributed by atoms with van der Waals surface area (Å²) in [4.78, 5) is 24.2. The molecular formula is C18H28IN5OS. The molecule has 3 heterocycles. The monoisotopic (exact) mass is 489 g/mol. The summed E-state index contributed by atoms with van der Waals surface area (Å²) in [5.41, 5.74) is 0. The van der Waals surface area contributed by atoms with Gasteiger partial charge in [-0.3, -0.25) is 9.69 Å². The number of thiophene rings is 1. The highest BCUT2D eigenvalue weighted by Gasteiger charge is 2.29. The molecule has 3 rings (SSSR count). The van der Waals surface area contributed by atoms with Crippen LogP contribution in [0.2, 0.25) is 0 Å². The molecule has 1 unspecified atom stereocenters. The second-order valence-corrected chi connectivity index (χ2v) is 7.71. The Hall–Kier alpha value is -1.13. The van der Waals surface area contributed by atoms with Gasteiger partial charge in [-0.05, 0) is 17.9 Å². The summed E-state index contributed by atoms with van der Waals surface area (Å²) < 4.78 is 0. The molecule has 1 atom stereocenters. The van der Waals surface area contributed by atoms with Crippen LogP contribution in [0, 0.1) is 0 Å². The molecule has 0 aromatic carbocycles. The fourth-order valence-electron chi connectivity index (χ4n) is 3.16. The predicted octanol–water partition coefficient (Wildman–Crippen LogP) is 1.85. The van der Waals surface area contributed by atoms with E-state index in [1.807, 2.05) is 0 Å². The molecule has 2 aliphatic heterocycles. The minimum atomic E-state index is 0. The van der Waals surface area contributed by atoms with Crippen molar-refractivity contribution in [2.45, 2.75) is 19.0 Å². The number of carbonyl (C=O) groups is 1. The summed E-state index contributed by atoms with van der Waals surface area (Å²) in [7, 11) is 3.53. The van der Waals surface area contributed by atoms with E-state index >= 15 is 0 Å². The number of likely N-dealkylation sites (N-methyl/N-ethyl adjacent to an activating group) is 1. The molecule has 6 nitrogen and oxygen atoms in total. The highest BCUT2D eigenvalue weighted by Crippen LogP contribution is 2.18. The van der Waals surface area contributed by atoms with E-state index in [9.17, 15) is 4.79 Å². The van der Waals surface area contributed by atoms with Gasteiger partial charge in [0, 0.05) is 51.2 Å². The van der Waals surface area contributed by atoms with Gasteiger partial charge in [0.1, 0.15) is 6.54 Å². The highest BCUT2D eigenvalue weighted by atomic mass is 127. The fourth-order valence-corrected chi connectivity index (χ4v) is 3.80. The van der Waals surface area contributed by atoms with Crippen LogP contribution in [0.1, 0.15) is 11.3 Å². The summed E-state index contributed by atoms with van der Waals surface area (Å²) in [6.07, 6.45) is 5.62. The lowest BCUT2D eigenvalue weighted by Crippen LogP contribution is -2.43. The van der Waals surface area contributed by atoms with E-state index in [0.29, 0.717) is 6.04 Å². The Labute approximate surface area is 177 Å². The minimum Gasteiger partial charge on any atom is -0.351 e. The molecule has 8 heteroatoms. The average Bonchev–Trinajstić information content (AvgIpc) is 3.35. The predicted molar refractivity (Wildman–Crippen MR) is 118 cm³/mol. The molecule has 1 N–H and O–H groups in total. The van der Waals surface area contributed by atoms with Crippen LogP contribution in [0.25, 0.3) is 0 Å². The second-order valence-electron chi connectivity index (χ2n) is 6.67. The highest BCUT2D eigenvalue weighted by molar-refractivity contribution is 14.0. The van der Waals surface area contributed by atoms with Gasteiger partial charge in [-0.25, -0.2) is 4.99 Å². The van der Waals surface area contributed by atoms with Crippen molar-refractivity contribution in [1.29, 1.82) is 0 Å². The molecule has 0 radical (unpaired) electrons. The SMILES string of the molecule is CN(C)C(=O)CN=C(NCc1cccs1)N1CCC(N2CC=CC2)C1.I. The molecule has 26 heavy (non-hydrogen) atoms. The van der Waals surface area contributed by atoms with E-state index in [1.54, 1.807) is 30.3 Å². The largest absolute Gasteiger partial charge is 0.351 e. The molecule has 2 aliphatic rings. The zero-order valence-electron chi connectivity index (χ0n) is 15.4. The molecule has 1 saturated heterocycles. The number of carbonyl (C=O) groups excluding carboxylic acids is 1. The van der Waals surface area contributed by atoms with Crippen LogP contribution >= 0.6 is 35.3 Å². The standard InChI is InChI=1S/C18H27N5OS.HI/c1-21(2)17(24)13-20-18(19-12-16-6-5-11-25-16)23-10-7-15(14-23)22-8-3-4-9-22;/h3-6,11,15H,7-10,12-14H2,1-2H3,(H,19,20);1H. The third kappa shape index (κ3) is 5.68. The first-order valence-corrected chi connectivity index (χ1v) is 9.66. The van der Waals surface area contributed by atoms with Gasteiger partial charge in [0.2, 0.25) is 5.91 Å². The lowest BCUT2D eigenvalue weighted by atomic mass is 10.2. The number of halogens is 1. The molecular weight excluding hydrogens is 461 g/mol. The molecule has 1 aromatic heterocycles. The van der Waals surface area contributed by atoms with Gasteiger partial charge in [-0.15, -0.1) is 35.3 Å². The lowest BCUT2D eigenvalue weighted by molar-refractivity contribution is -0.127. The Kier molecular flexibility index (Phi) is 8.36. The van der Waals surface area contributed by atoms with Gasteiger partial charge >= 0.3 is 0 Å². The van der Waals surface area contributed by atoms with Crippen LogP contribution in [0.5, 0.6) is 0 Å². The fraction of sp³-hybridized carbons (Fsp3) is 0.556. The van der Waals surface area contributed by atoms with Crippen molar-refractivity contribution in [2.24, 2.45) is 4.99 Å². The summed E-state index contributed by atoms with van der Waals surface area (Å²) in [6, 6.07) is 4.73. The Balaban J connectivity index is 0.00000243. The average molecular weight is 489 g/mol. The number of aliphatic imine (C=N–C) groups is 1. The minimum absolute atomic E-state index is 0. The first kappa shape index (κ1) is 21.2. The van der Waals surface area contributed by atoms with Crippen LogP contribution in [0.15, 0.2) is 34.7 Å². The van der Waals surface area contributed by atoms with E-state index in [1.165, 1.54) is 4.88 Å². The molecule has 1 aromatic rings. The molecule has 1 amide bonds. The van der Waals surface area contributed by atoms with Crippen LogP contribution in [-0.2, 0) is 11.3 Å². The summed E-state index contributed by atoms with van der Waals surface area (Å²) in [5, 5.41) is 5.53. The van der Waals surface area contributed by atoms with Crippen molar-refractivity contribution >= 4 is 47.2 Å². The van der Waals surface area contributed by atoms with E-state index in [2.05, 4.69) is 49.8 Å². The first-order chi connectivity index (χ1) is 12.1. The van der Waals surface area contributed by atoms with Crippen LogP contribution in [0.4, 0.5) is 0 Å². The van der Waals surface area contributed by atoms with Crippen LogP contribution < -0.4 is 5.32 Å². The summed E-state index contributed by atoms with van der Waals surface area (Å²) in [5.74, 6) is 0.869.